The van der Waals surface area contributed by atoms with Gasteiger partial charge in [0.1, 0.15) is 10.6 Å². The first kappa shape index (κ1) is 19.2. The molecule has 1 fully saturated rings. The molecule has 1 aliphatic rings. The van der Waals surface area contributed by atoms with Crippen LogP contribution in [0, 0.1) is 12.8 Å². The Bertz CT molecular complexity index is 572. The van der Waals surface area contributed by atoms with Gasteiger partial charge in [-0.25, -0.2) is 13.1 Å². The Hall–Kier alpha value is -0.860. The lowest BCUT2D eigenvalue weighted by molar-refractivity contribution is 0.124. The first-order chi connectivity index (χ1) is 10.0. The number of hydrogen-bond acceptors (Lipinski definition) is 5. The first-order valence-corrected chi connectivity index (χ1v) is 8.44. The fraction of sp³-hybridized carbons (Fsp3) is 0.571. The van der Waals surface area contributed by atoms with Gasteiger partial charge in [0.25, 0.3) is 0 Å². The predicted molar refractivity (Wildman–Crippen MR) is 87.3 cm³/mol. The summed E-state index contributed by atoms with van der Waals surface area (Å²) in [6, 6.07) is 5.10. The van der Waals surface area contributed by atoms with E-state index in [1.165, 1.54) is 7.11 Å². The molecule has 0 bridgehead atoms. The summed E-state index contributed by atoms with van der Waals surface area (Å²) in [5.74, 6) is 0.474. The van der Waals surface area contributed by atoms with E-state index < -0.39 is 10.0 Å². The molecule has 1 saturated heterocycles. The fourth-order valence-corrected chi connectivity index (χ4v) is 3.56. The van der Waals surface area contributed by atoms with Gasteiger partial charge in [0, 0.05) is 25.6 Å². The van der Waals surface area contributed by atoms with Crippen molar-refractivity contribution in [1.82, 2.24) is 10.0 Å². The Morgan fingerprint density at radius 1 is 1.45 bits per heavy atom. The maximum Gasteiger partial charge on any atom is 0.244 e. The maximum absolute atomic E-state index is 12.4. The van der Waals surface area contributed by atoms with E-state index in [2.05, 4.69) is 10.0 Å². The molecule has 2 N–H and O–H groups in total. The summed E-state index contributed by atoms with van der Waals surface area (Å²) in [6.07, 6.45) is 0. The summed E-state index contributed by atoms with van der Waals surface area (Å²) >= 11 is 0. The number of hydrogen-bond donors (Lipinski definition) is 2. The Labute approximate surface area is 138 Å². The summed E-state index contributed by atoms with van der Waals surface area (Å²) < 4.78 is 38.1. The number of rotatable bonds is 5. The molecule has 1 aliphatic heterocycles. The molecular formula is C14H23ClN2O4S. The van der Waals surface area contributed by atoms with Crippen molar-refractivity contribution in [3.63, 3.8) is 0 Å². The summed E-state index contributed by atoms with van der Waals surface area (Å²) in [6.45, 7) is 4.95. The van der Waals surface area contributed by atoms with Crippen LogP contribution in [0.15, 0.2) is 23.1 Å². The third-order valence-electron chi connectivity index (χ3n) is 3.38. The van der Waals surface area contributed by atoms with Crippen LogP contribution in [-0.2, 0) is 14.8 Å². The molecule has 0 radical (unpaired) electrons. The van der Waals surface area contributed by atoms with E-state index in [9.17, 15) is 8.42 Å². The summed E-state index contributed by atoms with van der Waals surface area (Å²) in [5, 5.41) is 3.22. The van der Waals surface area contributed by atoms with Crippen molar-refractivity contribution in [3.05, 3.63) is 23.8 Å². The van der Waals surface area contributed by atoms with E-state index in [0.717, 1.165) is 18.7 Å². The summed E-state index contributed by atoms with van der Waals surface area (Å²) in [5.41, 5.74) is 0.871. The number of benzene rings is 1. The average Bonchev–Trinajstić information content (AvgIpc) is 2.74. The van der Waals surface area contributed by atoms with Crippen LogP contribution in [0.4, 0.5) is 0 Å². The van der Waals surface area contributed by atoms with Crippen LogP contribution >= 0.6 is 12.4 Å². The van der Waals surface area contributed by atoms with Gasteiger partial charge in [-0.2, -0.15) is 0 Å². The Kier molecular flexibility index (Phi) is 7.58. The lowest BCUT2D eigenvalue weighted by atomic mass is 10.2. The number of methoxy groups -OCH3 is 1. The molecule has 0 aromatic heterocycles. The molecule has 8 heteroatoms. The van der Waals surface area contributed by atoms with Crippen LogP contribution in [0.3, 0.4) is 0 Å². The van der Waals surface area contributed by atoms with E-state index in [-0.39, 0.29) is 23.2 Å². The largest absolute Gasteiger partial charge is 0.495 e. The topological polar surface area (TPSA) is 76.7 Å². The third-order valence-corrected chi connectivity index (χ3v) is 4.83. The van der Waals surface area contributed by atoms with Gasteiger partial charge in [-0.05, 0) is 24.6 Å². The molecule has 1 aromatic rings. The van der Waals surface area contributed by atoms with Crippen molar-refractivity contribution in [1.29, 1.82) is 0 Å². The SMILES string of the molecule is COc1ccc(C)cc1S(=O)(=O)NCC1CNCCOC1.Cl. The van der Waals surface area contributed by atoms with Crippen molar-refractivity contribution in [3.8, 4) is 5.75 Å². The van der Waals surface area contributed by atoms with Crippen LogP contribution in [0.2, 0.25) is 0 Å². The minimum Gasteiger partial charge on any atom is -0.495 e. The molecule has 2 rings (SSSR count). The van der Waals surface area contributed by atoms with Crippen molar-refractivity contribution < 1.29 is 17.9 Å². The zero-order valence-electron chi connectivity index (χ0n) is 12.8. The highest BCUT2D eigenvalue weighted by atomic mass is 35.5. The molecule has 0 aliphatic carbocycles. The van der Waals surface area contributed by atoms with E-state index >= 15 is 0 Å². The second-order valence-electron chi connectivity index (χ2n) is 5.15. The molecule has 22 heavy (non-hydrogen) atoms. The average molecular weight is 351 g/mol. The van der Waals surface area contributed by atoms with Gasteiger partial charge in [-0.15, -0.1) is 12.4 Å². The number of sulfonamides is 1. The van der Waals surface area contributed by atoms with E-state index in [0.29, 0.717) is 25.5 Å². The number of halogens is 1. The van der Waals surface area contributed by atoms with E-state index in [4.69, 9.17) is 9.47 Å². The molecule has 1 heterocycles. The van der Waals surface area contributed by atoms with Gasteiger partial charge in [-0.1, -0.05) is 6.07 Å². The van der Waals surface area contributed by atoms with Crippen LogP contribution in [-0.4, -0.2) is 48.4 Å². The van der Waals surface area contributed by atoms with Gasteiger partial charge in [0.05, 0.1) is 20.3 Å². The molecule has 1 aromatic carbocycles. The van der Waals surface area contributed by atoms with Crippen molar-refractivity contribution in [2.75, 3.05) is 40.0 Å². The Morgan fingerprint density at radius 2 is 2.23 bits per heavy atom. The molecule has 0 saturated carbocycles. The minimum absolute atomic E-state index is 0. The van der Waals surface area contributed by atoms with Crippen molar-refractivity contribution in [2.45, 2.75) is 11.8 Å². The summed E-state index contributed by atoms with van der Waals surface area (Å²) in [7, 11) is -2.13. The number of aryl methyl sites for hydroxylation is 1. The third kappa shape index (κ3) is 5.10. The monoisotopic (exact) mass is 350 g/mol. The Balaban J connectivity index is 0.00000242. The molecule has 0 spiro atoms. The minimum atomic E-state index is -3.60. The van der Waals surface area contributed by atoms with Crippen LogP contribution < -0.4 is 14.8 Å². The Morgan fingerprint density at radius 3 is 2.95 bits per heavy atom. The highest BCUT2D eigenvalue weighted by molar-refractivity contribution is 7.89. The quantitative estimate of drug-likeness (QED) is 0.826. The lowest BCUT2D eigenvalue weighted by Crippen LogP contribution is -2.35. The molecule has 1 atom stereocenters. The second kappa shape index (κ2) is 8.69. The van der Waals surface area contributed by atoms with E-state index in [1.54, 1.807) is 12.1 Å². The maximum atomic E-state index is 12.4. The van der Waals surface area contributed by atoms with Crippen LogP contribution in [0.25, 0.3) is 0 Å². The van der Waals surface area contributed by atoms with Gasteiger partial charge >= 0.3 is 0 Å². The normalized spacial score (nSPS) is 19.1. The zero-order valence-corrected chi connectivity index (χ0v) is 14.4. The highest BCUT2D eigenvalue weighted by Gasteiger charge is 2.22. The standard InChI is InChI=1S/C14H22N2O4S.ClH/c1-11-3-4-13(19-2)14(7-11)21(17,18)16-9-12-8-15-5-6-20-10-12;/h3-4,7,12,15-16H,5-6,8-10H2,1-2H3;1H. The second-order valence-corrected chi connectivity index (χ2v) is 6.89. The van der Waals surface area contributed by atoms with Crippen LogP contribution in [0.5, 0.6) is 5.75 Å². The number of nitrogens with one attached hydrogen (secondary N) is 2. The van der Waals surface area contributed by atoms with Crippen LogP contribution in [0.1, 0.15) is 5.56 Å². The highest BCUT2D eigenvalue weighted by Crippen LogP contribution is 2.24. The molecule has 1 unspecified atom stereocenters. The predicted octanol–water partition coefficient (Wildman–Crippen LogP) is 0.940. The molecule has 0 amide bonds. The van der Waals surface area contributed by atoms with Crippen molar-refractivity contribution in [2.24, 2.45) is 5.92 Å². The number of ether oxygens (including phenoxy) is 2. The van der Waals surface area contributed by atoms with Gasteiger partial charge in [0.2, 0.25) is 10.0 Å². The lowest BCUT2D eigenvalue weighted by Gasteiger charge is -2.16. The fourth-order valence-electron chi connectivity index (χ4n) is 2.19. The zero-order chi connectivity index (χ0) is 15.3. The van der Waals surface area contributed by atoms with Gasteiger partial charge < -0.3 is 14.8 Å². The first-order valence-electron chi connectivity index (χ1n) is 6.95. The van der Waals surface area contributed by atoms with Gasteiger partial charge in [-0.3, -0.25) is 0 Å². The summed E-state index contributed by atoms with van der Waals surface area (Å²) in [4.78, 5) is 0.174. The van der Waals surface area contributed by atoms with Gasteiger partial charge in [0.15, 0.2) is 0 Å². The molecule has 126 valence electrons. The van der Waals surface area contributed by atoms with Crippen molar-refractivity contribution >= 4 is 22.4 Å². The molecular weight excluding hydrogens is 328 g/mol. The van der Waals surface area contributed by atoms with E-state index in [1.807, 2.05) is 13.0 Å². The smallest absolute Gasteiger partial charge is 0.244 e. The molecule has 6 nitrogen and oxygen atoms in total.